The number of hydrogen-bond acceptors (Lipinski definition) is 2. The molecule has 0 heterocycles. The van der Waals surface area contributed by atoms with E-state index in [0.717, 1.165) is 23.3 Å². The summed E-state index contributed by atoms with van der Waals surface area (Å²) in [6, 6.07) is 15.1. The first kappa shape index (κ1) is 11.5. The van der Waals surface area contributed by atoms with Gasteiger partial charge in [0.1, 0.15) is 11.5 Å². The monoisotopic (exact) mass is 228 g/mol. The fraction of sp³-hybridized carbons (Fsp3) is 0.200. The molecule has 2 aromatic rings. The minimum Gasteiger partial charge on any atom is -0.507 e. The lowest BCUT2D eigenvalue weighted by atomic mass is 10.0. The number of phenols is 1. The van der Waals surface area contributed by atoms with E-state index in [0.29, 0.717) is 6.61 Å². The molecule has 2 heteroatoms. The fourth-order valence-corrected chi connectivity index (χ4v) is 1.73. The summed E-state index contributed by atoms with van der Waals surface area (Å²) in [7, 11) is 0. The highest BCUT2D eigenvalue weighted by Gasteiger charge is 2.08. The van der Waals surface area contributed by atoms with Gasteiger partial charge in [0.05, 0.1) is 6.61 Å². The van der Waals surface area contributed by atoms with Crippen molar-refractivity contribution in [1.29, 1.82) is 0 Å². The van der Waals surface area contributed by atoms with E-state index in [-0.39, 0.29) is 5.75 Å². The van der Waals surface area contributed by atoms with Crippen LogP contribution in [0.15, 0.2) is 48.5 Å². The van der Waals surface area contributed by atoms with Gasteiger partial charge in [0.2, 0.25) is 0 Å². The molecule has 0 spiro atoms. The maximum Gasteiger partial charge on any atom is 0.127 e. The lowest BCUT2D eigenvalue weighted by Crippen LogP contribution is -1.96. The molecule has 2 aromatic carbocycles. The second kappa shape index (κ2) is 5.39. The first-order valence-electron chi connectivity index (χ1n) is 5.83. The summed E-state index contributed by atoms with van der Waals surface area (Å²) in [5.41, 5.74) is 1.73. The van der Waals surface area contributed by atoms with Gasteiger partial charge in [-0.05, 0) is 18.6 Å². The van der Waals surface area contributed by atoms with Crippen molar-refractivity contribution in [3.63, 3.8) is 0 Å². The molecule has 0 amide bonds. The second-order valence-corrected chi connectivity index (χ2v) is 3.86. The molecular formula is C15H16O2. The Labute approximate surface area is 101 Å². The molecule has 0 aliphatic carbocycles. The molecule has 0 unspecified atom stereocenters. The van der Waals surface area contributed by atoms with E-state index in [1.807, 2.05) is 42.5 Å². The standard InChI is InChI=1S/C15H16O2/c1-2-11-17-15-10-6-4-8-13(15)12-7-3-5-9-14(12)16/h3-10,16H,2,11H2,1H3. The summed E-state index contributed by atoms with van der Waals surface area (Å²) in [6.45, 7) is 2.76. The molecule has 0 fully saturated rings. The SMILES string of the molecule is CCCOc1ccccc1-c1ccccc1O. The van der Waals surface area contributed by atoms with E-state index in [4.69, 9.17) is 4.74 Å². The Morgan fingerprint density at radius 2 is 1.59 bits per heavy atom. The van der Waals surface area contributed by atoms with E-state index in [9.17, 15) is 5.11 Å². The topological polar surface area (TPSA) is 29.5 Å². The minimum atomic E-state index is 0.278. The van der Waals surface area contributed by atoms with Crippen LogP contribution in [0.2, 0.25) is 0 Å². The summed E-state index contributed by atoms with van der Waals surface area (Å²) in [4.78, 5) is 0. The first-order valence-corrected chi connectivity index (χ1v) is 5.83. The van der Waals surface area contributed by atoms with E-state index in [1.54, 1.807) is 6.07 Å². The molecular weight excluding hydrogens is 212 g/mol. The van der Waals surface area contributed by atoms with Crippen molar-refractivity contribution in [3.8, 4) is 22.6 Å². The average molecular weight is 228 g/mol. The Morgan fingerprint density at radius 3 is 2.29 bits per heavy atom. The molecule has 17 heavy (non-hydrogen) atoms. The summed E-state index contributed by atoms with van der Waals surface area (Å²) < 4.78 is 5.68. The lowest BCUT2D eigenvalue weighted by Gasteiger charge is -2.11. The van der Waals surface area contributed by atoms with Gasteiger partial charge in [-0.2, -0.15) is 0 Å². The van der Waals surface area contributed by atoms with E-state index < -0.39 is 0 Å². The third-order valence-corrected chi connectivity index (χ3v) is 2.54. The largest absolute Gasteiger partial charge is 0.507 e. The van der Waals surface area contributed by atoms with E-state index in [2.05, 4.69) is 6.92 Å². The van der Waals surface area contributed by atoms with Gasteiger partial charge >= 0.3 is 0 Å². The third-order valence-electron chi connectivity index (χ3n) is 2.54. The van der Waals surface area contributed by atoms with Crippen LogP contribution in [0.25, 0.3) is 11.1 Å². The summed E-state index contributed by atoms with van der Waals surface area (Å²) in [5.74, 6) is 1.09. The first-order chi connectivity index (χ1) is 8.33. The van der Waals surface area contributed by atoms with Crippen LogP contribution in [0.1, 0.15) is 13.3 Å². The highest BCUT2D eigenvalue weighted by Crippen LogP contribution is 2.35. The third kappa shape index (κ3) is 2.59. The quantitative estimate of drug-likeness (QED) is 0.861. The Kier molecular flexibility index (Phi) is 3.66. The molecule has 0 radical (unpaired) electrons. The molecule has 0 atom stereocenters. The molecule has 0 saturated carbocycles. The molecule has 0 aliphatic rings. The lowest BCUT2D eigenvalue weighted by molar-refractivity contribution is 0.318. The Hall–Kier alpha value is -1.96. The van der Waals surface area contributed by atoms with Gasteiger partial charge in [0.15, 0.2) is 0 Å². The van der Waals surface area contributed by atoms with E-state index in [1.165, 1.54) is 0 Å². The van der Waals surface area contributed by atoms with Crippen LogP contribution in [0.5, 0.6) is 11.5 Å². The maximum atomic E-state index is 9.86. The minimum absolute atomic E-state index is 0.278. The zero-order chi connectivity index (χ0) is 12.1. The predicted molar refractivity (Wildman–Crippen MR) is 69.3 cm³/mol. The fourth-order valence-electron chi connectivity index (χ4n) is 1.73. The number of phenolic OH excluding ortho intramolecular Hbond substituents is 1. The van der Waals surface area contributed by atoms with Crippen molar-refractivity contribution in [2.24, 2.45) is 0 Å². The number of rotatable bonds is 4. The van der Waals surface area contributed by atoms with Crippen LogP contribution in [0, 0.1) is 0 Å². The van der Waals surface area contributed by atoms with Gasteiger partial charge in [-0.25, -0.2) is 0 Å². The summed E-state index contributed by atoms with van der Waals surface area (Å²) in [6.07, 6.45) is 0.967. The van der Waals surface area contributed by atoms with Crippen molar-refractivity contribution >= 4 is 0 Å². The zero-order valence-corrected chi connectivity index (χ0v) is 9.89. The molecule has 2 rings (SSSR count). The summed E-state index contributed by atoms with van der Waals surface area (Å²) in [5, 5.41) is 9.86. The van der Waals surface area contributed by atoms with Gasteiger partial charge in [0, 0.05) is 11.1 Å². The van der Waals surface area contributed by atoms with Crippen molar-refractivity contribution in [1.82, 2.24) is 0 Å². The van der Waals surface area contributed by atoms with Crippen molar-refractivity contribution < 1.29 is 9.84 Å². The smallest absolute Gasteiger partial charge is 0.127 e. The molecule has 1 N–H and O–H groups in total. The number of benzene rings is 2. The highest BCUT2D eigenvalue weighted by molar-refractivity contribution is 5.75. The van der Waals surface area contributed by atoms with Crippen LogP contribution in [0.3, 0.4) is 0 Å². The van der Waals surface area contributed by atoms with Gasteiger partial charge in [-0.3, -0.25) is 0 Å². The molecule has 0 aromatic heterocycles. The van der Waals surface area contributed by atoms with Gasteiger partial charge in [-0.1, -0.05) is 43.3 Å². The van der Waals surface area contributed by atoms with E-state index >= 15 is 0 Å². The predicted octanol–water partition coefficient (Wildman–Crippen LogP) is 3.85. The Bertz CT molecular complexity index is 492. The number of para-hydroxylation sites is 2. The number of hydrogen-bond donors (Lipinski definition) is 1. The van der Waals surface area contributed by atoms with Gasteiger partial charge in [-0.15, -0.1) is 0 Å². The molecule has 88 valence electrons. The Morgan fingerprint density at radius 1 is 0.941 bits per heavy atom. The second-order valence-electron chi connectivity index (χ2n) is 3.86. The van der Waals surface area contributed by atoms with Crippen LogP contribution >= 0.6 is 0 Å². The maximum absolute atomic E-state index is 9.86. The van der Waals surface area contributed by atoms with Crippen LogP contribution in [-0.4, -0.2) is 11.7 Å². The van der Waals surface area contributed by atoms with Crippen molar-refractivity contribution in [3.05, 3.63) is 48.5 Å². The van der Waals surface area contributed by atoms with Crippen LogP contribution < -0.4 is 4.74 Å². The average Bonchev–Trinajstić information content (AvgIpc) is 2.37. The number of ether oxygens (including phenoxy) is 1. The molecule has 0 bridgehead atoms. The summed E-state index contributed by atoms with van der Waals surface area (Å²) >= 11 is 0. The van der Waals surface area contributed by atoms with Crippen molar-refractivity contribution in [2.75, 3.05) is 6.61 Å². The van der Waals surface area contributed by atoms with Crippen molar-refractivity contribution in [2.45, 2.75) is 13.3 Å². The molecule has 2 nitrogen and oxygen atoms in total. The molecule has 0 saturated heterocycles. The number of aromatic hydroxyl groups is 1. The highest BCUT2D eigenvalue weighted by atomic mass is 16.5. The normalized spacial score (nSPS) is 10.2. The van der Waals surface area contributed by atoms with Crippen LogP contribution in [0.4, 0.5) is 0 Å². The molecule has 0 aliphatic heterocycles. The zero-order valence-electron chi connectivity index (χ0n) is 9.89. The van der Waals surface area contributed by atoms with Crippen LogP contribution in [-0.2, 0) is 0 Å². The van der Waals surface area contributed by atoms with Gasteiger partial charge < -0.3 is 9.84 Å². The Balaban J connectivity index is 2.41. The van der Waals surface area contributed by atoms with Gasteiger partial charge in [0.25, 0.3) is 0 Å².